The Morgan fingerprint density at radius 3 is 3.00 bits per heavy atom. The Kier molecular flexibility index (Phi) is 7.64. The van der Waals surface area contributed by atoms with Crippen LogP contribution in [0.15, 0.2) is 0 Å². The molecule has 0 aliphatic carbocycles. The summed E-state index contributed by atoms with van der Waals surface area (Å²) < 4.78 is 4.93. The fourth-order valence-corrected chi connectivity index (χ4v) is 2.78. The second-order valence-electron chi connectivity index (χ2n) is 4.34. The van der Waals surface area contributed by atoms with Gasteiger partial charge in [0, 0.05) is 32.0 Å². The monoisotopic (exact) mass is 260 g/mol. The summed E-state index contributed by atoms with van der Waals surface area (Å²) in [6.07, 6.45) is 5.66. The Labute approximate surface area is 108 Å². The van der Waals surface area contributed by atoms with E-state index < -0.39 is 0 Å². The molecule has 100 valence electrons. The van der Waals surface area contributed by atoms with E-state index in [2.05, 4.69) is 11.6 Å². The molecule has 1 aliphatic heterocycles. The third-order valence-electron chi connectivity index (χ3n) is 3.12. The van der Waals surface area contributed by atoms with Crippen molar-refractivity contribution in [3.05, 3.63) is 0 Å². The summed E-state index contributed by atoms with van der Waals surface area (Å²) in [5, 5.41) is 3.84. The van der Waals surface area contributed by atoms with E-state index in [1.807, 2.05) is 16.7 Å². The summed E-state index contributed by atoms with van der Waals surface area (Å²) in [7, 11) is 1.67. The maximum atomic E-state index is 11.9. The number of thioether (sulfide) groups is 1. The van der Waals surface area contributed by atoms with Crippen molar-refractivity contribution in [1.82, 2.24) is 10.2 Å². The van der Waals surface area contributed by atoms with Crippen molar-refractivity contribution in [2.75, 3.05) is 46.2 Å². The highest BCUT2D eigenvalue weighted by molar-refractivity contribution is 7.99. The molecule has 0 aromatic heterocycles. The van der Waals surface area contributed by atoms with Gasteiger partial charge in [-0.2, -0.15) is 11.8 Å². The number of methoxy groups -OCH3 is 1. The molecule has 1 fully saturated rings. The maximum Gasteiger partial charge on any atom is 0.236 e. The summed E-state index contributed by atoms with van der Waals surface area (Å²) in [4.78, 5) is 13.9. The van der Waals surface area contributed by atoms with E-state index in [1.165, 1.54) is 6.42 Å². The summed E-state index contributed by atoms with van der Waals surface area (Å²) in [6, 6.07) is 0. The average Bonchev–Trinajstić information content (AvgIpc) is 2.59. The molecular weight excluding hydrogens is 236 g/mol. The number of rotatable bonds is 6. The number of amides is 1. The van der Waals surface area contributed by atoms with Gasteiger partial charge in [0.25, 0.3) is 0 Å². The van der Waals surface area contributed by atoms with Crippen LogP contribution < -0.4 is 5.32 Å². The van der Waals surface area contributed by atoms with E-state index in [0.717, 1.165) is 37.7 Å². The molecule has 0 aromatic carbocycles. The molecule has 0 saturated carbocycles. The SMILES string of the molecule is COCCNCC(=O)N1CCCC(SC)CC1. The van der Waals surface area contributed by atoms with Crippen LogP contribution in [0.5, 0.6) is 0 Å². The molecule has 1 saturated heterocycles. The van der Waals surface area contributed by atoms with E-state index in [9.17, 15) is 4.79 Å². The Bertz CT molecular complexity index is 227. The number of ether oxygens (including phenoxy) is 1. The van der Waals surface area contributed by atoms with E-state index in [-0.39, 0.29) is 5.91 Å². The van der Waals surface area contributed by atoms with Gasteiger partial charge < -0.3 is 15.0 Å². The first-order valence-corrected chi connectivity index (χ1v) is 7.57. The van der Waals surface area contributed by atoms with Gasteiger partial charge in [-0.05, 0) is 25.5 Å². The zero-order valence-corrected chi connectivity index (χ0v) is 11.7. The van der Waals surface area contributed by atoms with Crippen LogP contribution in [0.3, 0.4) is 0 Å². The van der Waals surface area contributed by atoms with Crippen molar-refractivity contribution in [2.24, 2.45) is 0 Å². The summed E-state index contributed by atoms with van der Waals surface area (Å²) in [5.41, 5.74) is 0. The highest BCUT2D eigenvalue weighted by atomic mass is 32.2. The van der Waals surface area contributed by atoms with Crippen LogP contribution in [0.1, 0.15) is 19.3 Å². The number of nitrogens with one attached hydrogen (secondary N) is 1. The van der Waals surface area contributed by atoms with Gasteiger partial charge in [0.15, 0.2) is 0 Å². The lowest BCUT2D eigenvalue weighted by Crippen LogP contribution is -2.39. The van der Waals surface area contributed by atoms with Gasteiger partial charge in [-0.15, -0.1) is 0 Å². The lowest BCUT2D eigenvalue weighted by Gasteiger charge is -2.20. The first-order chi connectivity index (χ1) is 8.27. The van der Waals surface area contributed by atoms with Crippen molar-refractivity contribution in [3.8, 4) is 0 Å². The number of carbonyl (C=O) groups is 1. The molecule has 0 spiro atoms. The molecule has 17 heavy (non-hydrogen) atoms. The molecule has 1 unspecified atom stereocenters. The number of carbonyl (C=O) groups excluding carboxylic acids is 1. The minimum Gasteiger partial charge on any atom is -0.383 e. The molecule has 0 bridgehead atoms. The molecule has 5 heteroatoms. The number of hydrogen-bond acceptors (Lipinski definition) is 4. The van der Waals surface area contributed by atoms with Crippen molar-refractivity contribution in [1.29, 1.82) is 0 Å². The van der Waals surface area contributed by atoms with Gasteiger partial charge in [-0.25, -0.2) is 0 Å². The third-order valence-corrected chi connectivity index (χ3v) is 4.26. The fourth-order valence-electron chi connectivity index (χ4n) is 2.03. The van der Waals surface area contributed by atoms with Crippen molar-refractivity contribution in [2.45, 2.75) is 24.5 Å². The van der Waals surface area contributed by atoms with Gasteiger partial charge in [0.05, 0.1) is 13.2 Å². The quantitative estimate of drug-likeness (QED) is 0.723. The van der Waals surface area contributed by atoms with Crippen LogP contribution in [-0.4, -0.2) is 62.2 Å². The van der Waals surface area contributed by atoms with Gasteiger partial charge >= 0.3 is 0 Å². The molecular formula is C12H24N2O2S. The smallest absolute Gasteiger partial charge is 0.236 e. The maximum absolute atomic E-state index is 11.9. The second kappa shape index (κ2) is 8.78. The standard InChI is InChI=1S/C12H24N2O2S/c1-16-9-6-13-10-12(15)14-7-3-4-11(17-2)5-8-14/h11,13H,3-10H2,1-2H3. The molecule has 0 aromatic rings. The Morgan fingerprint density at radius 1 is 1.47 bits per heavy atom. The third kappa shape index (κ3) is 5.75. The predicted octanol–water partition coefficient (Wildman–Crippen LogP) is 0.967. The fraction of sp³-hybridized carbons (Fsp3) is 0.917. The first kappa shape index (κ1) is 14.8. The summed E-state index contributed by atoms with van der Waals surface area (Å²) >= 11 is 1.93. The summed E-state index contributed by atoms with van der Waals surface area (Å²) in [5.74, 6) is 0.225. The molecule has 4 nitrogen and oxygen atoms in total. The van der Waals surface area contributed by atoms with Crippen LogP contribution in [0.4, 0.5) is 0 Å². The van der Waals surface area contributed by atoms with Crippen molar-refractivity contribution in [3.63, 3.8) is 0 Å². The lowest BCUT2D eigenvalue weighted by molar-refractivity contribution is -0.130. The van der Waals surface area contributed by atoms with Crippen molar-refractivity contribution < 1.29 is 9.53 Å². The van der Waals surface area contributed by atoms with E-state index in [1.54, 1.807) is 7.11 Å². The van der Waals surface area contributed by atoms with Gasteiger partial charge in [0.2, 0.25) is 5.91 Å². The zero-order chi connectivity index (χ0) is 12.5. The van der Waals surface area contributed by atoms with Gasteiger partial charge in [0.1, 0.15) is 0 Å². The molecule has 1 heterocycles. The molecule has 1 aliphatic rings. The van der Waals surface area contributed by atoms with Gasteiger partial charge in [-0.1, -0.05) is 0 Å². The summed E-state index contributed by atoms with van der Waals surface area (Å²) in [6.45, 7) is 3.66. The van der Waals surface area contributed by atoms with Crippen LogP contribution >= 0.6 is 11.8 Å². The molecule has 1 N–H and O–H groups in total. The zero-order valence-electron chi connectivity index (χ0n) is 10.9. The molecule has 0 radical (unpaired) electrons. The Hall–Kier alpha value is -0.260. The Balaban J connectivity index is 2.22. The van der Waals surface area contributed by atoms with E-state index in [4.69, 9.17) is 4.74 Å². The molecule has 1 atom stereocenters. The van der Waals surface area contributed by atoms with E-state index >= 15 is 0 Å². The van der Waals surface area contributed by atoms with E-state index in [0.29, 0.717) is 13.2 Å². The highest BCUT2D eigenvalue weighted by Gasteiger charge is 2.19. The average molecular weight is 260 g/mol. The number of nitrogens with zero attached hydrogens (tertiary/aromatic N) is 1. The van der Waals surface area contributed by atoms with Crippen LogP contribution in [0, 0.1) is 0 Å². The van der Waals surface area contributed by atoms with Crippen LogP contribution in [-0.2, 0) is 9.53 Å². The minimum atomic E-state index is 0.225. The highest BCUT2D eigenvalue weighted by Crippen LogP contribution is 2.20. The van der Waals surface area contributed by atoms with Crippen LogP contribution in [0.25, 0.3) is 0 Å². The molecule has 1 amide bonds. The number of hydrogen-bond donors (Lipinski definition) is 1. The topological polar surface area (TPSA) is 41.6 Å². The minimum absolute atomic E-state index is 0.225. The normalized spacial score (nSPS) is 21.3. The van der Waals surface area contributed by atoms with Crippen molar-refractivity contribution >= 4 is 17.7 Å². The lowest BCUT2D eigenvalue weighted by atomic mass is 10.2. The van der Waals surface area contributed by atoms with Crippen LogP contribution in [0.2, 0.25) is 0 Å². The second-order valence-corrected chi connectivity index (χ2v) is 5.48. The molecule has 1 rings (SSSR count). The first-order valence-electron chi connectivity index (χ1n) is 6.28. The Morgan fingerprint density at radius 2 is 2.29 bits per heavy atom. The van der Waals surface area contributed by atoms with Gasteiger partial charge in [-0.3, -0.25) is 4.79 Å². The predicted molar refractivity (Wildman–Crippen MR) is 72.5 cm³/mol. The number of likely N-dealkylation sites (tertiary alicyclic amines) is 1. The largest absolute Gasteiger partial charge is 0.383 e.